The number of alkyl halides is 2. The van der Waals surface area contributed by atoms with Crippen molar-refractivity contribution in [3.8, 4) is 28.0 Å². The van der Waals surface area contributed by atoms with Gasteiger partial charge in [0.25, 0.3) is 0 Å². The Balaban J connectivity index is 0.00000294. The van der Waals surface area contributed by atoms with Crippen molar-refractivity contribution in [3.05, 3.63) is 100 Å². The first-order valence-corrected chi connectivity index (χ1v) is 18.9. The van der Waals surface area contributed by atoms with Crippen LogP contribution in [-0.4, -0.2) is 17.8 Å². The molecule has 4 aromatic carbocycles. The molecule has 38 heavy (non-hydrogen) atoms. The van der Waals surface area contributed by atoms with Gasteiger partial charge < -0.3 is 4.43 Å². The maximum Gasteiger partial charge on any atom is 0.242 e. The smallest absolute Gasteiger partial charge is 0.242 e. The van der Waals surface area contributed by atoms with Gasteiger partial charge in [0.15, 0.2) is 0 Å². The van der Waals surface area contributed by atoms with Crippen LogP contribution in [0.4, 0.5) is 0 Å². The summed E-state index contributed by atoms with van der Waals surface area (Å²) >= 11 is 14.5. The number of fused-ring (bicyclic) bond motifs is 6. The molecule has 0 saturated heterocycles. The molecule has 2 atom stereocenters. The average Bonchev–Trinajstić information content (AvgIpc) is 3.32. The number of halogens is 2. The summed E-state index contributed by atoms with van der Waals surface area (Å²) in [7, 11) is -2.87. The van der Waals surface area contributed by atoms with Gasteiger partial charge in [-0.15, -0.1) is 23.2 Å². The summed E-state index contributed by atoms with van der Waals surface area (Å²) in [4.78, 5) is 0. The zero-order valence-electron chi connectivity index (χ0n) is 22.6. The zero-order chi connectivity index (χ0) is 26.1. The molecule has 0 N–H and O–H groups in total. The fourth-order valence-corrected chi connectivity index (χ4v) is 11.0. The molecular weight excluding hydrogens is 619 g/mol. The molecule has 6 rings (SSSR count). The van der Waals surface area contributed by atoms with Gasteiger partial charge in [-0.25, -0.2) is 0 Å². The van der Waals surface area contributed by atoms with E-state index >= 15 is 0 Å². The first-order valence-electron chi connectivity index (χ1n) is 13.2. The molecule has 1 nitrogen and oxygen atoms in total. The molecule has 4 aromatic rings. The van der Waals surface area contributed by atoms with Gasteiger partial charge in [-0.1, -0.05) is 72.8 Å². The Morgan fingerprint density at radius 1 is 0.763 bits per heavy atom. The molecule has 2 aliphatic rings. The van der Waals surface area contributed by atoms with Gasteiger partial charge in [-0.2, -0.15) is 0 Å². The summed E-state index contributed by atoms with van der Waals surface area (Å²) in [6.07, 6.45) is 0.984. The predicted molar refractivity (Wildman–Crippen MR) is 165 cm³/mol. The van der Waals surface area contributed by atoms with Crippen molar-refractivity contribution in [2.75, 3.05) is 0 Å². The molecule has 0 aliphatic heterocycles. The minimum Gasteiger partial charge on any atom is -0.544 e. The van der Waals surface area contributed by atoms with Crippen molar-refractivity contribution in [1.29, 1.82) is 0 Å². The van der Waals surface area contributed by atoms with Gasteiger partial charge in [0, 0.05) is 26.2 Å². The second-order valence-corrected chi connectivity index (χ2v) is 18.3. The van der Waals surface area contributed by atoms with Crippen LogP contribution in [-0.2, 0) is 32.6 Å². The van der Waals surface area contributed by atoms with Gasteiger partial charge >= 0.3 is 0 Å². The molecule has 0 saturated carbocycles. The Morgan fingerprint density at radius 2 is 1.32 bits per heavy atom. The van der Waals surface area contributed by atoms with Gasteiger partial charge in [0.2, 0.25) is 8.32 Å². The summed E-state index contributed by atoms with van der Waals surface area (Å²) in [5.74, 6) is 1.07. The molecule has 0 heterocycles. The Kier molecular flexibility index (Phi) is 7.79. The second-order valence-electron chi connectivity index (χ2n) is 11.3. The van der Waals surface area contributed by atoms with Crippen molar-refractivity contribution in [1.82, 2.24) is 0 Å². The van der Waals surface area contributed by atoms with Crippen LogP contribution in [0.25, 0.3) is 22.3 Å². The van der Waals surface area contributed by atoms with Crippen LogP contribution < -0.4 is 14.8 Å². The first-order chi connectivity index (χ1) is 17.7. The first kappa shape index (κ1) is 28.1. The van der Waals surface area contributed by atoms with E-state index in [1.807, 2.05) is 0 Å². The molecule has 0 spiro atoms. The number of aryl methyl sites for hydroxylation is 2. The van der Waals surface area contributed by atoms with Gasteiger partial charge in [0.05, 0.1) is 20.3 Å². The Labute approximate surface area is 259 Å². The van der Waals surface area contributed by atoms with E-state index in [0.717, 1.165) is 12.2 Å². The van der Waals surface area contributed by atoms with Crippen LogP contribution in [0.1, 0.15) is 51.1 Å². The SMILES string of the molecule is CCc1ccc2c(c1[SiH2]c1c(O[Si](C)(C)C)c(C)cc3c1C(Cl)c1ccccc1-3)C(Cl)c1ccccc1-2.[Zr]. The van der Waals surface area contributed by atoms with Gasteiger partial charge in [-0.3, -0.25) is 0 Å². The minimum absolute atomic E-state index is 0. The van der Waals surface area contributed by atoms with E-state index < -0.39 is 17.8 Å². The van der Waals surface area contributed by atoms with Crippen LogP contribution in [0.5, 0.6) is 5.75 Å². The third-order valence-corrected chi connectivity index (χ3v) is 11.7. The molecule has 2 aliphatic carbocycles. The minimum atomic E-state index is -1.87. The van der Waals surface area contributed by atoms with E-state index in [1.54, 1.807) is 0 Å². The van der Waals surface area contributed by atoms with Crippen molar-refractivity contribution < 1.29 is 30.6 Å². The molecule has 0 bridgehead atoms. The summed E-state index contributed by atoms with van der Waals surface area (Å²) < 4.78 is 6.87. The van der Waals surface area contributed by atoms with E-state index in [0.29, 0.717) is 0 Å². The van der Waals surface area contributed by atoms with E-state index in [9.17, 15) is 0 Å². The van der Waals surface area contributed by atoms with Crippen LogP contribution in [0.2, 0.25) is 19.6 Å². The maximum atomic E-state index is 7.28. The third-order valence-electron chi connectivity index (χ3n) is 7.76. The fraction of sp³-hybridized carbons (Fsp3) is 0.250. The Hall–Kier alpha value is -1.42. The maximum absolute atomic E-state index is 7.28. The number of rotatable bonds is 5. The molecule has 0 amide bonds. The van der Waals surface area contributed by atoms with Crippen molar-refractivity contribution in [2.24, 2.45) is 0 Å². The zero-order valence-corrected chi connectivity index (χ0v) is 29.0. The largest absolute Gasteiger partial charge is 0.544 e. The molecule has 0 aromatic heterocycles. The fourth-order valence-electron chi connectivity index (χ4n) is 6.21. The standard InChI is InChI=1S/C32H32Cl2OSi2.Zr/c1-6-19-15-16-22-20-11-7-9-13-23(20)28(33)26(22)31(19)36-32-27-25(17-18(2)30(32)35-37(3,4)5)21-12-8-10-14-24(21)29(27)34;/h7-17,28-29H,6,36H2,1-5H3;. The molecule has 0 fully saturated rings. The summed E-state index contributed by atoms with van der Waals surface area (Å²) in [5.41, 5.74) is 12.7. The topological polar surface area (TPSA) is 9.23 Å². The average molecular weight is 651 g/mol. The van der Waals surface area contributed by atoms with Gasteiger partial charge in [0.1, 0.15) is 5.75 Å². The van der Waals surface area contributed by atoms with Crippen molar-refractivity contribution in [2.45, 2.75) is 50.7 Å². The molecule has 0 radical (unpaired) electrons. The predicted octanol–water partition coefficient (Wildman–Crippen LogP) is 7.51. The van der Waals surface area contributed by atoms with Gasteiger partial charge in [-0.05, 0) is 99.9 Å². The number of hydrogen-bond donors (Lipinski definition) is 0. The molecule has 6 heteroatoms. The van der Waals surface area contributed by atoms with Crippen molar-refractivity contribution >= 4 is 51.4 Å². The van der Waals surface area contributed by atoms with Crippen molar-refractivity contribution in [3.63, 3.8) is 0 Å². The summed E-state index contributed by atoms with van der Waals surface area (Å²) in [6, 6.07) is 24.1. The summed E-state index contributed by atoms with van der Waals surface area (Å²) in [5, 5.41) is 2.54. The molecule has 192 valence electrons. The van der Waals surface area contributed by atoms with Crippen LogP contribution in [0.3, 0.4) is 0 Å². The Morgan fingerprint density at radius 3 is 1.89 bits per heavy atom. The van der Waals surface area contributed by atoms with Crippen LogP contribution in [0, 0.1) is 6.92 Å². The molecule has 2 unspecified atom stereocenters. The van der Waals surface area contributed by atoms with E-state index in [2.05, 4.69) is 100 Å². The number of benzene rings is 4. The third kappa shape index (κ3) is 4.55. The van der Waals surface area contributed by atoms with Crippen LogP contribution in [0.15, 0.2) is 66.7 Å². The van der Waals surface area contributed by atoms with E-state index in [-0.39, 0.29) is 37.0 Å². The van der Waals surface area contributed by atoms with Crippen LogP contribution >= 0.6 is 23.2 Å². The quantitative estimate of drug-likeness (QED) is 0.161. The monoisotopic (exact) mass is 648 g/mol. The molecular formula is C32H32Cl2OSi2Zr. The normalized spacial score (nSPS) is 17.1. The second kappa shape index (κ2) is 10.5. The van der Waals surface area contributed by atoms with E-state index in [1.165, 1.54) is 66.0 Å². The number of hydrogen-bond acceptors (Lipinski definition) is 1. The van der Waals surface area contributed by atoms with E-state index in [4.69, 9.17) is 27.6 Å². The summed E-state index contributed by atoms with van der Waals surface area (Å²) in [6.45, 7) is 11.3. The Bertz CT molecular complexity index is 1560.